The maximum absolute atomic E-state index is 11.8. The maximum Gasteiger partial charge on any atom is 0.246 e. The number of piperazine rings is 1. The van der Waals surface area contributed by atoms with Crippen LogP contribution in [0.4, 0.5) is 0 Å². The summed E-state index contributed by atoms with van der Waals surface area (Å²) in [4.78, 5) is 25.2. The molecule has 2 fully saturated rings. The van der Waals surface area contributed by atoms with Gasteiger partial charge in [0.1, 0.15) is 0 Å². The standard InChI is InChI=1S/C12H17N3O2/c1-12(2)11(17)14-10(16)7-15(12)9-5-3-4-8(9)6-13/h8-9H,3-5,7H2,1-2H3,(H,14,16,17). The van der Waals surface area contributed by atoms with Gasteiger partial charge in [0.25, 0.3) is 0 Å². The summed E-state index contributed by atoms with van der Waals surface area (Å²) in [7, 11) is 0. The van der Waals surface area contributed by atoms with Crippen LogP contribution in [0.5, 0.6) is 0 Å². The minimum Gasteiger partial charge on any atom is -0.294 e. The van der Waals surface area contributed by atoms with Crippen LogP contribution in [0.3, 0.4) is 0 Å². The molecule has 0 aromatic heterocycles. The summed E-state index contributed by atoms with van der Waals surface area (Å²) in [6.07, 6.45) is 2.75. The fourth-order valence-corrected chi connectivity index (χ4v) is 2.80. The molecule has 5 nitrogen and oxygen atoms in total. The summed E-state index contributed by atoms with van der Waals surface area (Å²) in [5.41, 5.74) is -0.710. The van der Waals surface area contributed by atoms with E-state index in [-0.39, 0.29) is 30.3 Å². The highest BCUT2D eigenvalue weighted by Crippen LogP contribution is 2.34. The minimum absolute atomic E-state index is 0.0324. The fraction of sp³-hybridized carbons (Fsp3) is 0.750. The normalized spacial score (nSPS) is 33.2. The van der Waals surface area contributed by atoms with E-state index in [0.717, 1.165) is 19.3 Å². The van der Waals surface area contributed by atoms with Crippen molar-refractivity contribution in [3.63, 3.8) is 0 Å². The van der Waals surface area contributed by atoms with E-state index in [0.29, 0.717) is 0 Å². The molecule has 92 valence electrons. The van der Waals surface area contributed by atoms with Gasteiger partial charge in [0.05, 0.1) is 24.1 Å². The van der Waals surface area contributed by atoms with Crippen LogP contribution in [-0.4, -0.2) is 34.8 Å². The highest BCUT2D eigenvalue weighted by atomic mass is 16.2. The molecular weight excluding hydrogens is 218 g/mol. The van der Waals surface area contributed by atoms with Crippen LogP contribution >= 0.6 is 0 Å². The van der Waals surface area contributed by atoms with Crippen molar-refractivity contribution >= 4 is 11.8 Å². The first kappa shape index (κ1) is 12.1. The molecule has 1 N–H and O–H groups in total. The van der Waals surface area contributed by atoms with Crippen LogP contribution in [0, 0.1) is 17.2 Å². The number of carbonyl (C=O) groups excluding carboxylic acids is 2. The number of imide groups is 1. The van der Waals surface area contributed by atoms with E-state index in [1.807, 2.05) is 18.7 Å². The van der Waals surface area contributed by atoms with Crippen molar-refractivity contribution in [1.29, 1.82) is 5.26 Å². The van der Waals surface area contributed by atoms with Crippen LogP contribution in [0.25, 0.3) is 0 Å². The van der Waals surface area contributed by atoms with E-state index in [9.17, 15) is 9.59 Å². The van der Waals surface area contributed by atoms with E-state index >= 15 is 0 Å². The zero-order valence-corrected chi connectivity index (χ0v) is 10.2. The lowest BCUT2D eigenvalue weighted by Crippen LogP contribution is -2.66. The lowest BCUT2D eigenvalue weighted by molar-refractivity contribution is -0.147. The predicted octanol–water partition coefficient (Wildman–Crippen LogP) is 0.416. The summed E-state index contributed by atoms with van der Waals surface area (Å²) in [5, 5.41) is 11.5. The van der Waals surface area contributed by atoms with Gasteiger partial charge in [-0.05, 0) is 26.7 Å². The quantitative estimate of drug-likeness (QED) is 0.668. The zero-order chi connectivity index (χ0) is 12.6. The number of hydrogen-bond acceptors (Lipinski definition) is 4. The van der Waals surface area contributed by atoms with Crippen LogP contribution in [0.1, 0.15) is 33.1 Å². The minimum atomic E-state index is -0.710. The average Bonchev–Trinajstić information content (AvgIpc) is 2.71. The van der Waals surface area contributed by atoms with Crippen molar-refractivity contribution in [2.24, 2.45) is 5.92 Å². The second-order valence-electron chi connectivity index (χ2n) is 5.30. The number of hydrogen-bond donors (Lipinski definition) is 1. The van der Waals surface area contributed by atoms with E-state index in [4.69, 9.17) is 5.26 Å². The monoisotopic (exact) mass is 235 g/mol. The molecule has 1 saturated carbocycles. The molecule has 0 aromatic rings. The van der Waals surface area contributed by atoms with Crippen molar-refractivity contribution in [2.45, 2.75) is 44.7 Å². The molecule has 1 aliphatic carbocycles. The van der Waals surface area contributed by atoms with Gasteiger partial charge in [0.2, 0.25) is 11.8 Å². The molecule has 0 spiro atoms. The largest absolute Gasteiger partial charge is 0.294 e. The van der Waals surface area contributed by atoms with Crippen molar-refractivity contribution < 1.29 is 9.59 Å². The summed E-state index contributed by atoms with van der Waals surface area (Å²) in [5.74, 6) is -0.594. The van der Waals surface area contributed by atoms with Gasteiger partial charge in [0.15, 0.2) is 0 Å². The molecule has 2 aliphatic rings. The highest BCUT2D eigenvalue weighted by Gasteiger charge is 2.47. The van der Waals surface area contributed by atoms with Gasteiger partial charge >= 0.3 is 0 Å². The zero-order valence-electron chi connectivity index (χ0n) is 10.2. The molecule has 1 heterocycles. The predicted molar refractivity (Wildman–Crippen MR) is 60.7 cm³/mol. The molecular formula is C12H17N3O2. The van der Waals surface area contributed by atoms with Crippen molar-refractivity contribution in [2.75, 3.05) is 6.54 Å². The number of rotatable bonds is 1. The second kappa shape index (κ2) is 4.11. The Kier molecular flexibility index (Phi) is 2.92. The maximum atomic E-state index is 11.8. The first-order valence-corrected chi connectivity index (χ1v) is 5.97. The third-order valence-corrected chi connectivity index (χ3v) is 3.89. The van der Waals surface area contributed by atoms with Gasteiger partial charge in [-0.15, -0.1) is 0 Å². The number of amides is 2. The molecule has 2 rings (SSSR count). The smallest absolute Gasteiger partial charge is 0.246 e. The molecule has 1 saturated heterocycles. The summed E-state index contributed by atoms with van der Waals surface area (Å²) in [6.45, 7) is 3.82. The first-order chi connectivity index (χ1) is 7.96. The SMILES string of the molecule is CC1(C)C(=O)NC(=O)CN1C1CCCC1C#N. The third kappa shape index (κ3) is 1.93. The second-order valence-corrected chi connectivity index (χ2v) is 5.30. The van der Waals surface area contributed by atoms with Crippen LogP contribution in [-0.2, 0) is 9.59 Å². The molecule has 0 aromatic carbocycles. The van der Waals surface area contributed by atoms with E-state index in [1.165, 1.54) is 0 Å². The average molecular weight is 235 g/mol. The van der Waals surface area contributed by atoms with Crippen LogP contribution in [0.15, 0.2) is 0 Å². The summed E-state index contributed by atoms with van der Waals surface area (Å²) >= 11 is 0. The Balaban J connectivity index is 2.26. The molecule has 17 heavy (non-hydrogen) atoms. The Bertz CT molecular complexity index is 397. The van der Waals surface area contributed by atoms with Crippen molar-refractivity contribution in [3.8, 4) is 6.07 Å². The Labute approximate surface area is 101 Å². The molecule has 1 aliphatic heterocycles. The Morgan fingerprint density at radius 1 is 1.41 bits per heavy atom. The van der Waals surface area contributed by atoms with Crippen molar-refractivity contribution in [1.82, 2.24) is 10.2 Å². The first-order valence-electron chi connectivity index (χ1n) is 5.97. The van der Waals surface area contributed by atoms with E-state index in [1.54, 1.807) is 0 Å². The third-order valence-electron chi connectivity index (χ3n) is 3.89. The number of nitriles is 1. The topological polar surface area (TPSA) is 73.2 Å². The molecule has 5 heteroatoms. The van der Waals surface area contributed by atoms with E-state index in [2.05, 4.69) is 11.4 Å². The van der Waals surface area contributed by atoms with Crippen molar-refractivity contribution in [3.05, 3.63) is 0 Å². The van der Waals surface area contributed by atoms with Gasteiger partial charge in [-0.2, -0.15) is 5.26 Å². The summed E-state index contributed by atoms with van der Waals surface area (Å²) < 4.78 is 0. The van der Waals surface area contributed by atoms with Gasteiger partial charge in [-0.3, -0.25) is 19.8 Å². The lowest BCUT2D eigenvalue weighted by atomic mass is 9.92. The van der Waals surface area contributed by atoms with Gasteiger partial charge < -0.3 is 0 Å². The molecule has 0 bridgehead atoms. The highest BCUT2D eigenvalue weighted by molar-refractivity contribution is 6.03. The number of nitrogens with one attached hydrogen (secondary N) is 1. The van der Waals surface area contributed by atoms with Gasteiger partial charge in [0, 0.05) is 6.04 Å². The number of carbonyl (C=O) groups is 2. The Morgan fingerprint density at radius 3 is 2.76 bits per heavy atom. The van der Waals surface area contributed by atoms with Gasteiger partial charge in [-0.25, -0.2) is 0 Å². The molecule has 2 atom stereocenters. The molecule has 2 amide bonds. The van der Waals surface area contributed by atoms with E-state index < -0.39 is 5.54 Å². The Hall–Kier alpha value is -1.41. The number of nitrogens with zero attached hydrogens (tertiary/aromatic N) is 2. The lowest BCUT2D eigenvalue weighted by Gasteiger charge is -2.44. The Morgan fingerprint density at radius 2 is 2.12 bits per heavy atom. The molecule has 0 radical (unpaired) electrons. The fourth-order valence-electron chi connectivity index (χ4n) is 2.80. The summed E-state index contributed by atoms with van der Waals surface area (Å²) in [6, 6.07) is 2.33. The van der Waals surface area contributed by atoms with Crippen LogP contribution < -0.4 is 5.32 Å². The molecule has 2 unspecified atom stereocenters. The van der Waals surface area contributed by atoms with Crippen LogP contribution in [0.2, 0.25) is 0 Å². The van der Waals surface area contributed by atoms with Gasteiger partial charge in [-0.1, -0.05) is 6.42 Å².